The summed E-state index contributed by atoms with van der Waals surface area (Å²) in [5.74, 6) is 0. The molecule has 0 saturated carbocycles. The number of sulfonamides is 1. The predicted molar refractivity (Wildman–Crippen MR) is 54.1 cm³/mol. The fourth-order valence-electron chi connectivity index (χ4n) is 1.69. The van der Waals surface area contributed by atoms with Gasteiger partial charge in [-0.05, 0) is 19.8 Å². The summed E-state index contributed by atoms with van der Waals surface area (Å²) in [5, 5.41) is 9.13. The Balaban J connectivity index is 2.93. The van der Waals surface area contributed by atoms with Crippen molar-refractivity contribution in [2.75, 3.05) is 17.8 Å². The lowest BCUT2D eigenvalue weighted by Crippen LogP contribution is -2.47. The van der Waals surface area contributed by atoms with Gasteiger partial charge in [0, 0.05) is 6.54 Å². The van der Waals surface area contributed by atoms with Crippen molar-refractivity contribution in [3.8, 4) is 0 Å². The minimum absolute atomic E-state index is 0.0738. The second kappa shape index (κ2) is 3.84. The molecule has 0 spiro atoms. The van der Waals surface area contributed by atoms with Gasteiger partial charge in [-0.2, -0.15) is 4.31 Å². The van der Waals surface area contributed by atoms with Crippen LogP contribution in [0.25, 0.3) is 0 Å². The van der Waals surface area contributed by atoms with Crippen LogP contribution in [0.3, 0.4) is 0 Å². The number of nitrogens with zero attached hydrogens (tertiary/aromatic N) is 1. The van der Waals surface area contributed by atoms with Crippen LogP contribution in [-0.2, 0) is 10.0 Å². The third-order valence-electron chi connectivity index (χ3n) is 2.49. The van der Waals surface area contributed by atoms with Crippen LogP contribution in [0.5, 0.6) is 0 Å². The third-order valence-corrected chi connectivity index (χ3v) is 5.80. The van der Waals surface area contributed by atoms with Crippen LogP contribution >= 0.6 is 15.9 Å². The van der Waals surface area contributed by atoms with Crippen molar-refractivity contribution >= 4 is 26.0 Å². The van der Waals surface area contributed by atoms with Crippen molar-refractivity contribution in [3.05, 3.63) is 0 Å². The Labute approximate surface area is 87.1 Å². The van der Waals surface area contributed by atoms with Gasteiger partial charge in [-0.25, -0.2) is 8.42 Å². The monoisotopic (exact) mass is 271 g/mol. The van der Waals surface area contributed by atoms with Crippen LogP contribution in [0.2, 0.25) is 0 Å². The highest BCUT2D eigenvalue weighted by atomic mass is 79.9. The van der Waals surface area contributed by atoms with Gasteiger partial charge in [-0.3, -0.25) is 0 Å². The summed E-state index contributed by atoms with van der Waals surface area (Å²) >= 11 is 2.95. The zero-order valence-electron chi connectivity index (χ0n) is 7.53. The normalized spacial score (nSPS) is 31.0. The molecule has 4 nitrogen and oxygen atoms in total. The first-order valence-electron chi connectivity index (χ1n) is 4.14. The van der Waals surface area contributed by atoms with E-state index in [0.29, 0.717) is 6.54 Å². The fraction of sp³-hybridized carbons (Fsp3) is 1.00. The van der Waals surface area contributed by atoms with E-state index in [1.807, 2.05) is 0 Å². The minimum atomic E-state index is -3.23. The number of alkyl halides is 1. The molecule has 13 heavy (non-hydrogen) atoms. The Morgan fingerprint density at radius 1 is 1.62 bits per heavy atom. The molecular formula is C7H14BrNO3S. The summed E-state index contributed by atoms with van der Waals surface area (Å²) in [5.41, 5.74) is -0.591. The van der Waals surface area contributed by atoms with Gasteiger partial charge < -0.3 is 5.11 Å². The summed E-state index contributed by atoms with van der Waals surface area (Å²) < 4.78 is 24.4. The van der Waals surface area contributed by atoms with E-state index >= 15 is 0 Å². The average molecular weight is 272 g/mol. The van der Waals surface area contributed by atoms with Crippen molar-refractivity contribution < 1.29 is 13.5 Å². The summed E-state index contributed by atoms with van der Waals surface area (Å²) in [6.45, 7) is 2.18. The molecule has 0 amide bonds. The molecular weight excluding hydrogens is 258 g/mol. The molecule has 1 fully saturated rings. The van der Waals surface area contributed by atoms with Crippen molar-refractivity contribution in [2.24, 2.45) is 0 Å². The molecule has 1 saturated heterocycles. The third kappa shape index (κ3) is 2.06. The highest BCUT2D eigenvalue weighted by Gasteiger charge is 2.42. The first kappa shape index (κ1) is 11.4. The van der Waals surface area contributed by atoms with Crippen LogP contribution < -0.4 is 0 Å². The summed E-state index contributed by atoms with van der Waals surface area (Å²) in [6.07, 6.45) is 1.55. The van der Waals surface area contributed by atoms with E-state index < -0.39 is 15.6 Å². The van der Waals surface area contributed by atoms with Gasteiger partial charge in [-0.1, -0.05) is 15.9 Å². The highest BCUT2D eigenvalue weighted by molar-refractivity contribution is 9.10. The van der Waals surface area contributed by atoms with E-state index in [0.717, 1.165) is 12.8 Å². The molecule has 0 bridgehead atoms. The molecule has 1 aliphatic heterocycles. The smallest absolute Gasteiger partial charge is 0.224 e. The molecule has 0 radical (unpaired) electrons. The zero-order valence-corrected chi connectivity index (χ0v) is 9.94. The second-order valence-electron chi connectivity index (χ2n) is 3.55. The van der Waals surface area contributed by atoms with E-state index in [4.69, 9.17) is 5.11 Å². The fourth-order valence-corrected chi connectivity index (χ4v) is 3.78. The zero-order chi connectivity index (χ0) is 10.1. The van der Waals surface area contributed by atoms with Gasteiger partial charge in [0.1, 0.15) is 4.66 Å². The van der Waals surface area contributed by atoms with E-state index in [1.165, 1.54) is 4.31 Å². The Hall–Kier alpha value is 0.350. The Kier molecular flexibility index (Phi) is 3.38. The molecule has 1 unspecified atom stereocenters. The van der Waals surface area contributed by atoms with Crippen LogP contribution in [0.15, 0.2) is 0 Å². The number of rotatable bonds is 3. The number of aliphatic hydroxyl groups is 1. The average Bonchev–Trinajstić information content (AvgIpc) is 2.49. The molecule has 0 aliphatic carbocycles. The van der Waals surface area contributed by atoms with Crippen molar-refractivity contribution in [1.29, 1.82) is 0 Å². The maximum Gasteiger partial charge on any atom is 0.224 e. The minimum Gasteiger partial charge on any atom is -0.394 e. The van der Waals surface area contributed by atoms with E-state index in [9.17, 15) is 8.42 Å². The highest BCUT2D eigenvalue weighted by Crippen LogP contribution is 2.31. The van der Waals surface area contributed by atoms with E-state index in [1.54, 1.807) is 6.92 Å². The first-order valence-corrected chi connectivity index (χ1v) is 6.87. The SMILES string of the molecule is CC1(CO)CCCN1S(=O)(=O)CBr. The summed E-state index contributed by atoms with van der Waals surface area (Å²) in [6, 6.07) is 0. The van der Waals surface area contributed by atoms with Crippen LogP contribution in [0.1, 0.15) is 19.8 Å². The number of aliphatic hydroxyl groups excluding tert-OH is 1. The maximum absolute atomic E-state index is 11.5. The van der Waals surface area contributed by atoms with Gasteiger partial charge >= 0.3 is 0 Å². The quantitative estimate of drug-likeness (QED) is 0.762. The van der Waals surface area contributed by atoms with Gasteiger partial charge in [0.15, 0.2) is 0 Å². The molecule has 1 N–H and O–H groups in total. The lowest BCUT2D eigenvalue weighted by Gasteiger charge is -2.31. The second-order valence-corrected chi connectivity index (χ2v) is 6.75. The van der Waals surface area contributed by atoms with Crippen LogP contribution in [-0.4, -0.2) is 41.2 Å². The molecule has 0 aromatic heterocycles. The molecule has 1 heterocycles. The van der Waals surface area contributed by atoms with Gasteiger partial charge in [0.05, 0.1) is 12.1 Å². The molecule has 6 heteroatoms. The number of hydrogen-bond donors (Lipinski definition) is 1. The molecule has 1 atom stereocenters. The Morgan fingerprint density at radius 2 is 2.23 bits per heavy atom. The van der Waals surface area contributed by atoms with Crippen molar-refractivity contribution in [2.45, 2.75) is 25.3 Å². The van der Waals surface area contributed by atoms with Crippen molar-refractivity contribution in [1.82, 2.24) is 4.31 Å². The van der Waals surface area contributed by atoms with Crippen LogP contribution in [0, 0.1) is 0 Å². The maximum atomic E-state index is 11.5. The molecule has 0 aromatic carbocycles. The van der Waals surface area contributed by atoms with E-state index in [2.05, 4.69) is 15.9 Å². The van der Waals surface area contributed by atoms with Gasteiger partial charge in [0.2, 0.25) is 10.0 Å². The topological polar surface area (TPSA) is 57.6 Å². The molecule has 78 valence electrons. The Bertz CT molecular complexity index is 279. The summed E-state index contributed by atoms with van der Waals surface area (Å²) in [4.78, 5) is 0. The lowest BCUT2D eigenvalue weighted by atomic mass is 10.0. The van der Waals surface area contributed by atoms with Gasteiger partial charge in [0.25, 0.3) is 0 Å². The molecule has 1 rings (SSSR count). The van der Waals surface area contributed by atoms with Crippen molar-refractivity contribution in [3.63, 3.8) is 0 Å². The number of halogens is 1. The van der Waals surface area contributed by atoms with E-state index in [-0.39, 0.29) is 11.3 Å². The first-order chi connectivity index (χ1) is 5.96. The van der Waals surface area contributed by atoms with Gasteiger partial charge in [-0.15, -0.1) is 0 Å². The standard InChI is InChI=1S/C7H14BrNO3S/c1-7(5-10)3-2-4-9(7)13(11,12)6-8/h10H,2-6H2,1H3. The lowest BCUT2D eigenvalue weighted by molar-refractivity contribution is 0.137. The molecule has 0 aromatic rings. The largest absolute Gasteiger partial charge is 0.394 e. The Morgan fingerprint density at radius 3 is 2.69 bits per heavy atom. The van der Waals surface area contributed by atoms with Crippen LogP contribution in [0.4, 0.5) is 0 Å². The summed E-state index contributed by atoms with van der Waals surface area (Å²) in [7, 11) is -3.23. The predicted octanol–water partition coefficient (Wildman–Crippen LogP) is 0.515. The molecule has 1 aliphatic rings. The number of hydrogen-bond acceptors (Lipinski definition) is 3.